The van der Waals surface area contributed by atoms with Gasteiger partial charge in [0, 0.05) is 56.1 Å². The van der Waals surface area contributed by atoms with E-state index in [4.69, 9.17) is 0 Å². The Morgan fingerprint density at radius 3 is 2.35 bits per heavy atom. The van der Waals surface area contributed by atoms with Crippen LogP contribution in [0.5, 0.6) is 0 Å². The lowest BCUT2D eigenvalue weighted by Gasteiger charge is -2.35. The van der Waals surface area contributed by atoms with Gasteiger partial charge >= 0.3 is 6.18 Å². The summed E-state index contributed by atoms with van der Waals surface area (Å²) in [5.74, 6) is -0.0885. The maximum atomic E-state index is 12.9. The molecule has 1 saturated heterocycles. The third-order valence-electron chi connectivity index (χ3n) is 6.03. The Bertz CT molecular complexity index is 1300. The molecule has 0 bridgehead atoms. The van der Waals surface area contributed by atoms with Crippen molar-refractivity contribution in [3.63, 3.8) is 0 Å². The molecule has 2 aromatic heterocycles. The number of fused-ring (bicyclic) bond motifs is 1. The summed E-state index contributed by atoms with van der Waals surface area (Å²) in [6.45, 7) is 3.48. The molecule has 5 rings (SSSR count). The first kappa shape index (κ1) is 22.1. The highest BCUT2D eigenvalue weighted by molar-refractivity contribution is 5.94. The Labute approximate surface area is 194 Å². The number of aromatic nitrogens is 3. The minimum Gasteiger partial charge on any atom is -0.336 e. The van der Waals surface area contributed by atoms with Gasteiger partial charge in [-0.05, 0) is 42.0 Å². The Morgan fingerprint density at radius 1 is 0.912 bits per heavy atom. The molecule has 1 amide bonds. The highest BCUT2D eigenvalue weighted by Crippen LogP contribution is 2.28. The van der Waals surface area contributed by atoms with E-state index in [1.165, 1.54) is 11.8 Å². The van der Waals surface area contributed by atoms with Crippen molar-refractivity contribution >= 4 is 16.8 Å². The van der Waals surface area contributed by atoms with E-state index in [0.29, 0.717) is 24.3 Å². The molecule has 1 fully saturated rings. The molecule has 0 saturated carbocycles. The topological polar surface area (TPSA) is 54.3 Å². The van der Waals surface area contributed by atoms with Crippen molar-refractivity contribution in [2.45, 2.75) is 12.7 Å². The number of pyridine rings is 1. The number of alkyl halides is 3. The lowest BCUT2D eigenvalue weighted by atomic mass is 10.1. The van der Waals surface area contributed by atoms with Crippen LogP contribution >= 0.6 is 0 Å². The second-order valence-electron chi connectivity index (χ2n) is 8.25. The SMILES string of the molecule is O=C(c1ccc(-n2ccc(C(F)(F)F)n2)cc1)N1CCN(Cc2cccc3cccnc23)CC1. The molecule has 0 radical (unpaired) electrons. The van der Waals surface area contributed by atoms with E-state index in [1.807, 2.05) is 17.0 Å². The average molecular weight is 465 g/mol. The van der Waals surface area contributed by atoms with Gasteiger partial charge < -0.3 is 4.90 Å². The molecule has 4 aromatic rings. The zero-order chi connectivity index (χ0) is 23.7. The van der Waals surface area contributed by atoms with E-state index in [1.54, 1.807) is 30.5 Å². The lowest BCUT2D eigenvalue weighted by molar-refractivity contribution is -0.141. The van der Waals surface area contributed by atoms with Gasteiger partial charge in [0.1, 0.15) is 0 Å². The minimum atomic E-state index is -4.49. The second kappa shape index (κ2) is 8.90. The quantitative estimate of drug-likeness (QED) is 0.449. The van der Waals surface area contributed by atoms with E-state index in [2.05, 4.69) is 33.2 Å². The van der Waals surface area contributed by atoms with E-state index in [9.17, 15) is 18.0 Å². The van der Waals surface area contributed by atoms with E-state index >= 15 is 0 Å². The van der Waals surface area contributed by atoms with Gasteiger partial charge in [0.2, 0.25) is 0 Å². The molecule has 1 aliphatic rings. The Hall–Kier alpha value is -3.72. The number of carbonyl (C=O) groups excluding carboxylic acids is 1. The summed E-state index contributed by atoms with van der Waals surface area (Å²) >= 11 is 0. The molecule has 1 aliphatic heterocycles. The monoisotopic (exact) mass is 465 g/mol. The Morgan fingerprint density at radius 2 is 1.65 bits per heavy atom. The summed E-state index contributed by atoms with van der Waals surface area (Å²) in [6, 6.07) is 17.5. The van der Waals surface area contributed by atoms with Gasteiger partial charge in [-0.3, -0.25) is 14.7 Å². The van der Waals surface area contributed by atoms with Crippen molar-refractivity contribution < 1.29 is 18.0 Å². The molecule has 34 heavy (non-hydrogen) atoms. The van der Waals surface area contributed by atoms with Crippen molar-refractivity contribution in [3.8, 4) is 5.69 Å². The first-order valence-corrected chi connectivity index (χ1v) is 11.0. The number of hydrogen-bond donors (Lipinski definition) is 0. The van der Waals surface area contributed by atoms with Crippen LogP contribution < -0.4 is 0 Å². The minimum absolute atomic E-state index is 0.0885. The second-order valence-corrected chi connectivity index (χ2v) is 8.25. The molecule has 0 unspecified atom stereocenters. The van der Waals surface area contributed by atoms with Crippen LogP contribution in [0.2, 0.25) is 0 Å². The van der Waals surface area contributed by atoms with Crippen LogP contribution in [0.15, 0.2) is 73.1 Å². The average Bonchev–Trinajstić information content (AvgIpc) is 3.36. The summed E-state index contributed by atoms with van der Waals surface area (Å²) in [5, 5.41) is 4.68. The number of hydrogen-bond acceptors (Lipinski definition) is 4. The molecule has 0 atom stereocenters. The molecular weight excluding hydrogens is 443 g/mol. The molecule has 6 nitrogen and oxygen atoms in total. The third kappa shape index (κ3) is 4.51. The Kier molecular flexibility index (Phi) is 5.79. The van der Waals surface area contributed by atoms with Gasteiger partial charge in [-0.2, -0.15) is 18.3 Å². The van der Waals surface area contributed by atoms with Crippen molar-refractivity contribution in [1.82, 2.24) is 24.6 Å². The smallest absolute Gasteiger partial charge is 0.336 e. The zero-order valence-corrected chi connectivity index (χ0v) is 18.2. The summed E-state index contributed by atoms with van der Waals surface area (Å²) in [7, 11) is 0. The summed E-state index contributed by atoms with van der Waals surface area (Å²) in [6.07, 6.45) is -1.44. The largest absolute Gasteiger partial charge is 0.435 e. The number of benzene rings is 2. The van der Waals surface area contributed by atoms with Crippen LogP contribution in [0, 0.1) is 0 Å². The number of carbonyl (C=O) groups is 1. The van der Waals surface area contributed by atoms with Crippen molar-refractivity contribution in [2.24, 2.45) is 0 Å². The van der Waals surface area contributed by atoms with Crippen molar-refractivity contribution in [1.29, 1.82) is 0 Å². The number of amides is 1. The van der Waals surface area contributed by atoms with Crippen molar-refractivity contribution in [2.75, 3.05) is 26.2 Å². The first-order chi connectivity index (χ1) is 16.4. The third-order valence-corrected chi connectivity index (χ3v) is 6.03. The van der Waals surface area contributed by atoms with Crippen LogP contribution in [0.4, 0.5) is 13.2 Å². The highest BCUT2D eigenvalue weighted by Gasteiger charge is 2.33. The fourth-order valence-corrected chi connectivity index (χ4v) is 4.20. The van der Waals surface area contributed by atoms with E-state index in [-0.39, 0.29) is 5.91 Å². The number of piperazine rings is 1. The van der Waals surface area contributed by atoms with Gasteiger partial charge in [0.25, 0.3) is 5.91 Å². The van der Waals surface area contributed by atoms with Crippen LogP contribution in [0.1, 0.15) is 21.6 Å². The number of halogens is 3. The summed E-state index contributed by atoms with van der Waals surface area (Å²) in [5.41, 5.74) is 2.17. The van der Waals surface area contributed by atoms with Gasteiger partial charge in [0.15, 0.2) is 5.69 Å². The van der Waals surface area contributed by atoms with Gasteiger partial charge in [-0.1, -0.05) is 24.3 Å². The molecule has 2 aromatic carbocycles. The van der Waals surface area contributed by atoms with Crippen LogP contribution in [-0.4, -0.2) is 56.7 Å². The van der Waals surface area contributed by atoms with E-state index in [0.717, 1.165) is 41.3 Å². The van der Waals surface area contributed by atoms with Crippen molar-refractivity contribution in [3.05, 3.63) is 89.9 Å². The predicted octanol–water partition coefficient (Wildman–Crippen LogP) is 4.40. The maximum Gasteiger partial charge on any atom is 0.435 e. The Balaban J connectivity index is 1.21. The lowest BCUT2D eigenvalue weighted by Crippen LogP contribution is -2.48. The van der Waals surface area contributed by atoms with Crippen LogP contribution in [0.25, 0.3) is 16.6 Å². The zero-order valence-electron chi connectivity index (χ0n) is 18.2. The normalized spacial score (nSPS) is 15.1. The maximum absolute atomic E-state index is 12.9. The van der Waals surface area contributed by atoms with Gasteiger partial charge in [-0.15, -0.1) is 0 Å². The van der Waals surface area contributed by atoms with E-state index < -0.39 is 11.9 Å². The summed E-state index contributed by atoms with van der Waals surface area (Å²) < 4.78 is 39.5. The predicted molar refractivity (Wildman–Crippen MR) is 121 cm³/mol. The molecular formula is C25H22F3N5O. The molecule has 174 valence electrons. The number of para-hydroxylation sites is 1. The highest BCUT2D eigenvalue weighted by atomic mass is 19.4. The van der Waals surface area contributed by atoms with Crippen LogP contribution in [0.3, 0.4) is 0 Å². The number of rotatable bonds is 4. The molecule has 0 spiro atoms. The fraction of sp³-hybridized carbons (Fsp3) is 0.240. The number of nitrogens with zero attached hydrogens (tertiary/aromatic N) is 5. The fourth-order valence-electron chi connectivity index (χ4n) is 4.20. The van der Waals surface area contributed by atoms with Gasteiger partial charge in [-0.25, -0.2) is 4.68 Å². The molecule has 3 heterocycles. The molecule has 9 heteroatoms. The molecule has 0 aliphatic carbocycles. The molecule has 0 N–H and O–H groups in total. The standard InChI is InChI=1S/C25H22F3N5O/c26-25(27,28)22-10-12-33(30-22)21-8-6-19(7-9-21)24(34)32-15-13-31(14-16-32)17-20-4-1-3-18-5-2-11-29-23(18)20/h1-12H,13-17H2. The first-order valence-electron chi connectivity index (χ1n) is 11.0. The van der Waals surface area contributed by atoms with Crippen LogP contribution in [-0.2, 0) is 12.7 Å². The summed E-state index contributed by atoms with van der Waals surface area (Å²) in [4.78, 5) is 21.6. The van der Waals surface area contributed by atoms with Gasteiger partial charge in [0.05, 0.1) is 11.2 Å².